The second-order valence-corrected chi connectivity index (χ2v) is 6.44. The lowest BCUT2D eigenvalue weighted by Crippen LogP contribution is -2.55. The van der Waals surface area contributed by atoms with Crippen LogP contribution in [0.25, 0.3) is 0 Å². The van der Waals surface area contributed by atoms with Gasteiger partial charge in [-0.1, -0.05) is 0 Å². The fraction of sp³-hybridized carbons (Fsp3) is 1.00. The molecule has 0 aromatic heterocycles. The highest BCUT2D eigenvalue weighted by atomic mass is 32.2. The molecule has 0 fully saturated rings. The average Bonchev–Trinajstić information content (AvgIpc) is 1.83. The Morgan fingerprint density at radius 2 is 1.62 bits per heavy atom. The number of sulfonamides is 1. The van der Waals surface area contributed by atoms with E-state index < -0.39 is 20.8 Å². The van der Waals surface area contributed by atoms with Gasteiger partial charge in [0, 0.05) is 11.6 Å². The first-order valence-electron chi connectivity index (χ1n) is 4.38. The molecule has 0 radical (unpaired) electrons. The summed E-state index contributed by atoms with van der Waals surface area (Å²) in [6, 6.07) is -0.221. The molecule has 0 saturated heterocycles. The zero-order chi connectivity index (χ0) is 10.9. The smallest absolute Gasteiger partial charge is 0.214 e. The normalized spacial score (nSPS) is 16.2. The highest BCUT2D eigenvalue weighted by Gasteiger charge is 2.29. The standard InChI is InChI=1S/C8H20N2O2S/c1-6(2)13(11,12)10-8(4,5)7(3)9/h6-7,10H,9H2,1-5H3. The Morgan fingerprint density at radius 3 is 1.85 bits per heavy atom. The van der Waals surface area contributed by atoms with E-state index in [1.807, 2.05) is 0 Å². The van der Waals surface area contributed by atoms with E-state index >= 15 is 0 Å². The van der Waals surface area contributed by atoms with Crippen LogP contribution >= 0.6 is 0 Å². The minimum absolute atomic E-state index is 0.221. The summed E-state index contributed by atoms with van der Waals surface area (Å²) in [5.41, 5.74) is 5.06. The third-order valence-corrected chi connectivity index (χ3v) is 4.22. The number of hydrogen-bond acceptors (Lipinski definition) is 3. The quantitative estimate of drug-likeness (QED) is 0.704. The molecule has 0 rings (SSSR count). The van der Waals surface area contributed by atoms with Crippen molar-refractivity contribution in [1.82, 2.24) is 4.72 Å². The summed E-state index contributed by atoms with van der Waals surface area (Å²) in [6.07, 6.45) is 0. The fourth-order valence-corrected chi connectivity index (χ4v) is 1.73. The van der Waals surface area contributed by atoms with Gasteiger partial charge in [0.2, 0.25) is 10.0 Å². The van der Waals surface area contributed by atoms with Crippen molar-refractivity contribution in [2.75, 3.05) is 0 Å². The summed E-state index contributed by atoms with van der Waals surface area (Å²) in [5.74, 6) is 0. The van der Waals surface area contributed by atoms with E-state index in [-0.39, 0.29) is 6.04 Å². The van der Waals surface area contributed by atoms with Crippen LogP contribution in [0.4, 0.5) is 0 Å². The molecule has 3 N–H and O–H groups in total. The van der Waals surface area contributed by atoms with Crippen LogP contribution in [0.2, 0.25) is 0 Å². The Balaban J connectivity index is 4.63. The van der Waals surface area contributed by atoms with E-state index in [1.54, 1.807) is 34.6 Å². The van der Waals surface area contributed by atoms with Crippen LogP contribution in [0.15, 0.2) is 0 Å². The Bertz CT molecular complexity index is 255. The first-order chi connectivity index (χ1) is 5.59. The number of rotatable bonds is 4. The molecule has 0 aromatic rings. The van der Waals surface area contributed by atoms with E-state index in [2.05, 4.69) is 4.72 Å². The predicted molar refractivity (Wildman–Crippen MR) is 54.9 cm³/mol. The van der Waals surface area contributed by atoms with Gasteiger partial charge in [-0.3, -0.25) is 0 Å². The highest BCUT2D eigenvalue weighted by Crippen LogP contribution is 2.10. The van der Waals surface area contributed by atoms with Gasteiger partial charge in [0.1, 0.15) is 0 Å². The second-order valence-electron chi connectivity index (χ2n) is 4.21. The molecular weight excluding hydrogens is 188 g/mol. The summed E-state index contributed by atoms with van der Waals surface area (Å²) >= 11 is 0. The summed E-state index contributed by atoms with van der Waals surface area (Å²) < 4.78 is 25.5. The largest absolute Gasteiger partial charge is 0.326 e. The molecule has 0 amide bonds. The van der Waals surface area contributed by atoms with E-state index in [0.717, 1.165) is 0 Å². The summed E-state index contributed by atoms with van der Waals surface area (Å²) in [7, 11) is -3.23. The van der Waals surface area contributed by atoms with Crippen molar-refractivity contribution in [2.24, 2.45) is 5.73 Å². The van der Waals surface area contributed by atoms with Crippen LogP contribution in [-0.4, -0.2) is 25.2 Å². The van der Waals surface area contributed by atoms with Crippen LogP contribution in [0.3, 0.4) is 0 Å². The first-order valence-corrected chi connectivity index (χ1v) is 5.92. The molecule has 0 heterocycles. The van der Waals surface area contributed by atoms with Crippen molar-refractivity contribution in [3.05, 3.63) is 0 Å². The maximum absolute atomic E-state index is 11.5. The van der Waals surface area contributed by atoms with Gasteiger partial charge in [-0.15, -0.1) is 0 Å². The maximum Gasteiger partial charge on any atom is 0.214 e. The van der Waals surface area contributed by atoms with Gasteiger partial charge in [0.05, 0.1) is 5.25 Å². The molecule has 0 aliphatic rings. The summed E-state index contributed by atoms with van der Waals surface area (Å²) in [6.45, 7) is 8.61. The molecule has 0 saturated carbocycles. The molecule has 0 aliphatic carbocycles. The molecule has 80 valence electrons. The van der Waals surface area contributed by atoms with Crippen LogP contribution in [-0.2, 0) is 10.0 Å². The van der Waals surface area contributed by atoms with Gasteiger partial charge in [-0.2, -0.15) is 0 Å². The monoisotopic (exact) mass is 208 g/mol. The zero-order valence-electron chi connectivity index (χ0n) is 8.96. The molecule has 0 aromatic carbocycles. The lowest BCUT2D eigenvalue weighted by molar-refractivity contribution is 0.386. The van der Waals surface area contributed by atoms with E-state index in [9.17, 15) is 8.42 Å². The summed E-state index contributed by atoms with van der Waals surface area (Å²) in [4.78, 5) is 0. The summed E-state index contributed by atoms with van der Waals surface area (Å²) in [5, 5.41) is -0.425. The lowest BCUT2D eigenvalue weighted by atomic mass is 9.99. The van der Waals surface area contributed by atoms with Crippen LogP contribution in [0.5, 0.6) is 0 Å². The predicted octanol–water partition coefficient (Wildman–Crippen LogP) is 0.440. The maximum atomic E-state index is 11.5. The van der Waals surface area contributed by atoms with Crippen LogP contribution in [0, 0.1) is 0 Å². The molecule has 4 nitrogen and oxygen atoms in total. The Morgan fingerprint density at radius 1 is 1.23 bits per heavy atom. The highest BCUT2D eigenvalue weighted by molar-refractivity contribution is 7.90. The molecule has 0 spiro atoms. The molecule has 0 bridgehead atoms. The third kappa shape index (κ3) is 3.62. The van der Waals surface area contributed by atoms with Crippen molar-refractivity contribution in [3.8, 4) is 0 Å². The number of nitrogens with one attached hydrogen (secondary N) is 1. The fourth-order valence-electron chi connectivity index (χ4n) is 0.577. The van der Waals surface area contributed by atoms with Crippen molar-refractivity contribution in [1.29, 1.82) is 0 Å². The number of hydrogen-bond donors (Lipinski definition) is 2. The van der Waals surface area contributed by atoms with Gasteiger partial charge >= 0.3 is 0 Å². The van der Waals surface area contributed by atoms with Gasteiger partial charge in [-0.25, -0.2) is 13.1 Å². The van der Waals surface area contributed by atoms with Crippen LogP contribution in [0.1, 0.15) is 34.6 Å². The van der Waals surface area contributed by atoms with Crippen molar-refractivity contribution in [2.45, 2.75) is 51.4 Å². The first kappa shape index (κ1) is 12.9. The molecular formula is C8H20N2O2S. The van der Waals surface area contributed by atoms with Gasteiger partial charge in [0.15, 0.2) is 0 Å². The van der Waals surface area contributed by atoms with Gasteiger partial charge in [0.25, 0.3) is 0 Å². The molecule has 13 heavy (non-hydrogen) atoms. The molecule has 1 atom stereocenters. The van der Waals surface area contributed by atoms with E-state index in [4.69, 9.17) is 5.73 Å². The van der Waals surface area contributed by atoms with E-state index in [0.29, 0.717) is 0 Å². The number of nitrogens with two attached hydrogens (primary N) is 1. The van der Waals surface area contributed by atoms with Crippen molar-refractivity contribution < 1.29 is 8.42 Å². The minimum Gasteiger partial charge on any atom is -0.326 e. The van der Waals surface area contributed by atoms with Crippen molar-refractivity contribution >= 4 is 10.0 Å². The van der Waals surface area contributed by atoms with Gasteiger partial charge < -0.3 is 5.73 Å². The zero-order valence-corrected chi connectivity index (χ0v) is 9.77. The Kier molecular flexibility index (Phi) is 3.90. The topological polar surface area (TPSA) is 72.2 Å². The van der Waals surface area contributed by atoms with E-state index in [1.165, 1.54) is 0 Å². The lowest BCUT2D eigenvalue weighted by Gasteiger charge is -2.30. The van der Waals surface area contributed by atoms with Gasteiger partial charge in [-0.05, 0) is 34.6 Å². The Hall–Kier alpha value is -0.130. The molecule has 0 aliphatic heterocycles. The third-order valence-electron chi connectivity index (χ3n) is 2.16. The van der Waals surface area contributed by atoms with Crippen LogP contribution < -0.4 is 10.5 Å². The SMILES string of the molecule is CC(N)C(C)(C)NS(=O)(=O)C(C)C. The Labute approximate surface area is 80.9 Å². The average molecular weight is 208 g/mol. The van der Waals surface area contributed by atoms with Crippen molar-refractivity contribution in [3.63, 3.8) is 0 Å². The minimum atomic E-state index is -3.23. The molecule has 1 unspecified atom stereocenters. The second kappa shape index (κ2) is 3.94. The molecule has 5 heteroatoms.